The van der Waals surface area contributed by atoms with Gasteiger partial charge < -0.3 is 14.8 Å². The lowest BCUT2D eigenvalue weighted by atomic mass is 10.1. The van der Waals surface area contributed by atoms with E-state index in [-0.39, 0.29) is 19.2 Å². The zero-order valence-corrected chi connectivity index (χ0v) is 12.7. The Labute approximate surface area is 134 Å². The van der Waals surface area contributed by atoms with Gasteiger partial charge in [-0.15, -0.1) is 0 Å². The van der Waals surface area contributed by atoms with Crippen molar-refractivity contribution in [3.8, 4) is 11.5 Å². The average Bonchev–Trinajstić information content (AvgIpc) is 3.06. The smallest absolute Gasteiger partial charge is 0.259 e. The van der Waals surface area contributed by atoms with Crippen LogP contribution in [0, 0.1) is 0 Å². The first-order valence-electron chi connectivity index (χ1n) is 7.24. The fourth-order valence-electron chi connectivity index (χ4n) is 2.11. The predicted octanol–water partition coefficient (Wildman–Crippen LogP) is 2.37. The highest BCUT2D eigenvalue weighted by molar-refractivity contribution is 6.00. The van der Waals surface area contributed by atoms with E-state index in [0.29, 0.717) is 11.5 Å². The molecule has 2 N–H and O–H groups in total. The maximum Gasteiger partial charge on any atom is 0.259 e. The number of benzene rings is 2. The predicted molar refractivity (Wildman–Crippen MR) is 87.9 cm³/mol. The summed E-state index contributed by atoms with van der Waals surface area (Å²) < 4.78 is 10.6. The van der Waals surface area contributed by atoms with E-state index in [1.807, 2.05) is 55.5 Å². The third-order valence-corrected chi connectivity index (χ3v) is 3.37. The van der Waals surface area contributed by atoms with Gasteiger partial charge in [-0.3, -0.25) is 4.79 Å². The van der Waals surface area contributed by atoms with Crippen LogP contribution >= 0.6 is 0 Å². The highest BCUT2D eigenvalue weighted by Crippen LogP contribution is 2.32. The molecule has 0 aliphatic carbocycles. The molecule has 1 heterocycles. The Morgan fingerprint density at radius 2 is 1.91 bits per heavy atom. The number of hydrogen-bond donors (Lipinski definition) is 2. The second-order valence-electron chi connectivity index (χ2n) is 5.02. The van der Waals surface area contributed by atoms with Gasteiger partial charge in [0.1, 0.15) is 0 Å². The van der Waals surface area contributed by atoms with Gasteiger partial charge in [0.05, 0.1) is 12.3 Å². The molecule has 0 aromatic heterocycles. The van der Waals surface area contributed by atoms with Crippen LogP contribution in [0.15, 0.2) is 53.6 Å². The molecule has 1 aliphatic rings. The molecule has 1 aliphatic heterocycles. The molecule has 118 valence electrons. The molecule has 6 heteroatoms. The number of amides is 1. The molecule has 0 spiro atoms. The molecule has 0 radical (unpaired) electrons. The molecule has 6 nitrogen and oxygen atoms in total. The molecule has 3 rings (SSSR count). The molecule has 2 aromatic carbocycles. The van der Waals surface area contributed by atoms with Crippen molar-refractivity contribution in [2.24, 2.45) is 5.10 Å². The Balaban J connectivity index is 1.55. The molecule has 0 fully saturated rings. The van der Waals surface area contributed by atoms with Crippen LogP contribution in [0.25, 0.3) is 0 Å². The zero-order valence-electron chi connectivity index (χ0n) is 12.7. The van der Waals surface area contributed by atoms with Crippen LogP contribution in [-0.2, 0) is 4.79 Å². The van der Waals surface area contributed by atoms with E-state index in [4.69, 9.17) is 9.47 Å². The van der Waals surface area contributed by atoms with Crippen LogP contribution in [0.5, 0.6) is 11.5 Å². The molecule has 23 heavy (non-hydrogen) atoms. The van der Waals surface area contributed by atoms with Gasteiger partial charge in [0.25, 0.3) is 5.91 Å². The zero-order chi connectivity index (χ0) is 16.1. The number of para-hydroxylation sites is 1. The number of carbonyl (C=O) groups excluding carboxylic acids is 1. The summed E-state index contributed by atoms with van der Waals surface area (Å²) in [7, 11) is 0. The van der Waals surface area contributed by atoms with Gasteiger partial charge in [0.2, 0.25) is 6.79 Å². The van der Waals surface area contributed by atoms with Crippen molar-refractivity contribution in [3.05, 3.63) is 54.1 Å². The SMILES string of the molecule is C/C(=N\NC(=O)CNc1ccccc1)c1ccc2c(c1)OCO2. The van der Waals surface area contributed by atoms with Crippen molar-refractivity contribution in [1.82, 2.24) is 5.43 Å². The number of nitrogens with zero attached hydrogens (tertiary/aromatic N) is 1. The maximum absolute atomic E-state index is 11.8. The van der Waals surface area contributed by atoms with E-state index < -0.39 is 0 Å². The van der Waals surface area contributed by atoms with Gasteiger partial charge in [-0.1, -0.05) is 18.2 Å². The Bertz CT molecular complexity index is 729. The standard InChI is InChI=1S/C17H17N3O3/c1-12(13-7-8-15-16(9-13)23-11-22-15)19-20-17(21)10-18-14-5-3-2-4-6-14/h2-9,18H,10-11H2,1H3,(H,20,21)/b19-12+. The lowest BCUT2D eigenvalue weighted by Gasteiger charge is -2.06. The summed E-state index contributed by atoms with van der Waals surface area (Å²) in [5.41, 5.74) is 4.98. The van der Waals surface area contributed by atoms with Crippen molar-refractivity contribution in [2.75, 3.05) is 18.7 Å². The third kappa shape index (κ3) is 3.79. The number of hydrogen-bond acceptors (Lipinski definition) is 5. The highest BCUT2D eigenvalue weighted by Gasteiger charge is 2.14. The minimum Gasteiger partial charge on any atom is -0.454 e. The summed E-state index contributed by atoms with van der Waals surface area (Å²) in [5, 5.41) is 7.14. The van der Waals surface area contributed by atoms with Crippen molar-refractivity contribution >= 4 is 17.3 Å². The monoisotopic (exact) mass is 311 g/mol. The number of rotatable bonds is 5. The van der Waals surface area contributed by atoms with Crippen LogP contribution in [0.4, 0.5) is 5.69 Å². The van der Waals surface area contributed by atoms with Gasteiger partial charge in [0, 0.05) is 11.3 Å². The molecule has 0 atom stereocenters. The first kappa shape index (κ1) is 14.9. The van der Waals surface area contributed by atoms with E-state index in [0.717, 1.165) is 17.0 Å². The lowest BCUT2D eigenvalue weighted by molar-refractivity contribution is -0.119. The number of ether oxygens (including phenoxy) is 2. The normalized spacial score (nSPS) is 12.8. The topological polar surface area (TPSA) is 72.0 Å². The Morgan fingerprint density at radius 3 is 2.74 bits per heavy atom. The first-order valence-corrected chi connectivity index (χ1v) is 7.24. The van der Waals surface area contributed by atoms with E-state index >= 15 is 0 Å². The molecular weight excluding hydrogens is 294 g/mol. The molecule has 2 aromatic rings. The van der Waals surface area contributed by atoms with E-state index in [1.54, 1.807) is 0 Å². The van der Waals surface area contributed by atoms with Crippen LogP contribution in [-0.4, -0.2) is 25.0 Å². The minimum absolute atomic E-state index is 0.155. The number of nitrogens with one attached hydrogen (secondary N) is 2. The number of hydrazone groups is 1. The van der Waals surface area contributed by atoms with E-state index in [2.05, 4.69) is 15.8 Å². The Hall–Kier alpha value is -3.02. The largest absolute Gasteiger partial charge is 0.454 e. The van der Waals surface area contributed by atoms with Gasteiger partial charge >= 0.3 is 0 Å². The van der Waals surface area contributed by atoms with Crippen molar-refractivity contribution in [3.63, 3.8) is 0 Å². The minimum atomic E-state index is -0.214. The fraction of sp³-hybridized carbons (Fsp3) is 0.176. The van der Waals surface area contributed by atoms with Crippen LogP contribution < -0.4 is 20.2 Å². The summed E-state index contributed by atoms with van der Waals surface area (Å²) in [6, 6.07) is 15.1. The quantitative estimate of drug-likeness (QED) is 0.657. The molecule has 0 unspecified atom stereocenters. The molecule has 0 saturated heterocycles. The summed E-state index contributed by atoms with van der Waals surface area (Å²) in [6.45, 7) is 2.21. The number of carbonyl (C=O) groups is 1. The van der Waals surface area contributed by atoms with E-state index in [9.17, 15) is 4.79 Å². The summed E-state index contributed by atoms with van der Waals surface area (Å²) in [5.74, 6) is 1.20. The summed E-state index contributed by atoms with van der Waals surface area (Å²) >= 11 is 0. The summed E-state index contributed by atoms with van der Waals surface area (Å²) in [6.07, 6.45) is 0. The number of anilines is 1. The van der Waals surface area contributed by atoms with Crippen LogP contribution in [0.1, 0.15) is 12.5 Å². The van der Waals surface area contributed by atoms with Crippen LogP contribution in [0.3, 0.4) is 0 Å². The first-order chi connectivity index (χ1) is 11.2. The summed E-state index contributed by atoms with van der Waals surface area (Å²) in [4.78, 5) is 11.8. The fourth-order valence-corrected chi connectivity index (χ4v) is 2.11. The second-order valence-corrected chi connectivity index (χ2v) is 5.02. The molecule has 0 bridgehead atoms. The van der Waals surface area contributed by atoms with Gasteiger partial charge in [-0.05, 0) is 37.3 Å². The molecule has 0 saturated carbocycles. The van der Waals surface area contributed by atoms with Crippen molar-refractivity contribution in [1.29, 1.82) is 0 Å². The Morgan fingerprint density at radius 1 is 1.13 bits per heavy atom. The van der Waals surface area contributed by atoms with Gasteiger partial charge in [-0.2, -0.15) is 5.10 Å². The second kappa shape index (κ2) is 6.83. The van der Waals surface area contributed by atoms with Crippen molar-refractivity contribution < 1.29 is 14.3 Å². The highest BCUT2D eigenvalue weighted by atomic mass is 16.7. The van der Waals surface area contributed by atoms with Gasteiger partial charge in [0.15, 0.2) is 11.5 Å². The Kier molecular flexibility index (Phi) is 4.42. The molecule has 1 amide bonds. The third-order valence-electron chi connectivity index (χ3n) is 3.37. The van der Waals surface area contributed by atoms with Gasteiger partial charge in [-0.25, -0.2) is 5.43 Å². The average molecular weight is 311 g/mol. The molecular formula is C17H17N3O3. The maximum atomic E-state index is 11.8. The lowest BCUT2D eigenvalue weighted by Crippen LogP contribution is -2.26. The van der Waals surface area contributed by atoms with E-state index in [1.165, 1.54) is 0 Å². The number of fused-ring (bicyclic) bond motifs is 1. The van der Waals surface area contributed by atoms with Crippen LogP contribution in [0.2, 0.25) is 0 Å². The van der Waals surface area contributed by atoms with Crippen molar-refractivity contribution in [2.45, 2.75) is 6.92 Å².